The van der Waals surface area contributed by atoms with Crippen LogP contribution in [0.4, 0.5) is 10.5 Å². The first-order chi connectivity index (χ1) is 11.7. The zero-order valence-corrected chi connectivity index (χ0v) is 14.0. The predicted octanol–water partition coefficient (Wildman–Crippen LogP) is 3.20. The van der Waals surface area contributed by atoms with Crippen molar-refractivity contribution in [3.05, 3.63) is 41.7 Å². The van der Waals surface area contributed by atoms with Crippen LogP contribution in [-0.4, -0.2) is 33.6 Å². The second kappa shape index (κ2) is 7.68. The van der Waals surface area contributed by atoms with Gasteiger partial charge in [0, 0.05) is 30.7 Å². The van der Waals surface area contributed by atoms with Crippen LogP contribution in [0.15, 0.2) is 36.7 Å². The van der Waals surface area contributed by atoms with Gasteiger partial charge in [0.15, 0.2) is 0 Å². The minimum atomic E-state index is -0.231. The monoisotopic (exact) mass is 348 g/mol. The Morgan fingerprint density at radius 1 is 1.33 bits per heavy atom. The second-order valence-electron chi connectivity index (χ2n) is 6.12. The Morgan fingerprint density at radius 2 is 2.12 bits per heavy atom. The molecule has 128 valence electrons. The Morgan fingerprint density at radius 3 is 2.75 bits per heavy atom. The molecule has 2 aromatic rings. The van der Waals surface area contributed by atoms with Crippen LogP contribution in [0.3, 0.4) is 0 Å². The summed E-state index contributed by atoms with van der Waals surface area (Å²) in [6.07, 6.45) is 7.19. The van der Waals surface area contributed by atoms with Crippen LogP contribution >= 0.6 is 11.6 Å². The molecule has 3 rings (SSSR count). The molecule has 3 N–H and O–H groups in total. The summed E-state index contributed by atoms with van der Waals surface area (Å²) in [4.78, 5) is 12.1. The summed E-state index contributed by atoms with van der Waals surface area (Å²) >= 11 is 6.27. The first-order valence-corrected chi connectivity index (χ1v) is 8.51. The van der Waals surface area contributed by atoms with Gasteiger partial charge in [0.1, 0.15) is 0 Å². The van der Waals surface area contributed by atoms with Gasteiger partial charge < -0.3 is 15.7 Å². The molecule has 2 amide bonds. The lowest BCUT2D eigenvalue weighted by molar-refractivity contribution is 0.176. The van der Waals surface area contributed by atoms with Crippen LogP contribution in [0.1, 0.15) is 25.7 Å². The van der Waals surface area contributed by atoms with Crippen molar-refractivity contribution >= 4 is 23.3 Å². The van der Waals surface area contributed by atoms with Gasteiger partial charge in [0.05, 0.1) is 10.7 Å². The number of aromatic nitrogens is 2. The molecule has 7 heteroatoms. The summed E-state index contributed by atoms with van der Waals surface area (Å²) in [7, 11) is 0. The molecule has 0 atom stereocenters. The third-order valence-corrected chi connectivity index (χ3v) is 4.70. The summed E-state index contributed by atoms with van der Waals surface area (Å²) in [5.41, 5.74) is 1.40. The van der Waals surface area contributed by atoms with Gasteiger partial charge >= 0.3 is 6.03 Å². The number of carbonyl (C=O) groups excluding carboxylic acids is 1. The van der Waals surface area contributed by atoms with E-state index in [1.807, 2.05) is 18.3 Å². The number of carbonyl (C=O) groups is 1. The van der Waals surface area contributed by atoms with Gasteiger partial charge in [0.2, 0.25) is 0 Å². The van der Waals surface area contributed by atoms with Crippen LogP contribution in [0.5, 0.6) is 0 Å². The molecule has 1 aromatic heterocycles. The van der Waals surface area contributed by atoms with Crippen LogP contribution < -0.4 is 10.6 Å². The summed E-state index contributed by atoms with van der Waals surface area (Å²) in [5, 5.41) is 19.6. The molecule has 0 radical (unpaired) electrons. The number of hydrogen-bond acceptors (Lipinski definition) is 3. The third kappa shape index (κ3) is 4.07. The normalized spacial score (nSPS) is 20.6. The molecule has 6 nitrogen and oxygen atoms in total. The summed E-state index contributed by atoms with van der Waals surface area (Å²) in [5.74, 6) is 0.375. The van der Waals surface area contributed by atoms with Crippen molar-refractivity contribution in [2.45, 2.75) is 31.7 Å². The zero-order valence-electron chi connectivity index (χ0n) is 13.3. The highest BCUT2D eigenvalue weighted by molar-refractivity contribution is 6.32. The number of amides is 2. The first kappa shape index (κ1) is 16.8. The van der Waals surface area contributed by atoms with Crippen molar-refractivity contribution < 1.29 is 9.90 Å². The molecule has 0 saturated heterocycles. The van der Waals surface area contributed by atoms with E-state index in [0.29, 0.717) is 16.6 Å². The molecule has 0 aliphatic heterocycles. The summed E-state index contributed by atoms with van der Waals surface area (Å²) < 4.78 is 1.67. The largest absolute Gasteiger partial charge is 0.396 e. The van der Waals surface area contributed by atoms with Gasteiger partial charge in [0.25, 0.3) is 0 Å². The number of aliphatic hydroxyl groups excluding tert-OH is 1. The van der Waals surface area contributed by atoms with E-state index in [-0.39, 0.29) is 18.7 Å². The molecule has 24 heavy (non-hydrogen) atoms. The fourth-order valence-corrected chi connectivity index (χ4v) is 3.29. The number of rotatable bonds is 4. The summed E-state index contributed by atoms with van der Waals surface area (Å²) in [6.45, 7) is 0.236. The average molecular weight is 349 g/mol. The topological polar surface area (TPSA) is 79.2 Å². The maximum absolute atomic E-state index is 12.1. The van der Waals surface area contributed by atoms with Gasteiger partial charge in [-0.15, -0.1) is 0 Å². The number of aliphatic hydroxyl groups is 1. The van der Waals surface area contributed by atoms with Crippen molar-refractivity contribution in [2.75, 3.05) is 11.9 Å². The van der Waals surface area contributed by atoms with Gasteiger partial charge in [-0.1, -0.05) is 11.6 Å². The van der Waals surface area contributed by atoms with Crippen LogP contribution in [0.2, 0.25) is 5.02 Å². The molecule has 1 aromatic carbocycles. The van der Waals surface area contributed by atoms with Crippen molar-refractivity contribution in [3.8, 4) is 5.69 Å². The number of halogens is 1. The van der Waals surface area contributed by atoms with E-state index in [1.165, 1.54) is 0 Å². The highest BCUT2D eigenvalue weighted by atomic mass is 35.5. The Bertz CT molecular complexity index is 682. The molecular weight excluding hydrogens is 328 g/mol. The van der Waals surface area contributed by atoms with Gasteiger partial charge in [-0.3, -0.25) is 0 Å². The van der Waals surface area contributed by atoms with Crippen molar-refractivity contribution in [1.82, 2.24) is 15.1 Å². The molecule has 1 aliphatic rings. The van der Waals surface area contributed by atoms with Gasteiger partial charge in [-0.05, 0) is 55.9 Å². The van der Waals surface area contributed by atoms with Gasteiger partial charge in [-0.2, -0.15) is 5.10 Å². The molecular formula is C17H21ClN4O2. The van der Waals surface area contributed by atoms with E-state index < -0.39 is 0 Å². The maximum atomic E-state index is 12.1. The minimum absolute atomic E-state index is 0.159. The van der Waals surface area contributed by atoms with Crippen molar-refractivity contribution in [2.24, 2.45) is 5.92 Å². The van der Waals surface area contributed by atoms with E-state index in [9.17, 15) is 4.79 Å². The second-order valence-corrected chi connectivity index (χ2v) is 6.52. The molecule has 1 saturated carbocycles. The molecule has 1 aliphatic carbocycles. The Balaban J connectivity index is 1.56. The molecule has 0 spiro atoms. The third-order valence-electron chi connectivity index (χ3n) is 4.40. The fourth-order valence-electron chi connectivity index (χ4n) is 3.02. The quantitative estimate of drug-likeness (QED) is 0.793. The molecule has 0 unspecified atom stereocenters. The smallest absolute Gasteiger partial charge is 0.319 e. The standard InChI is InChI=1S/C17H21ClN4O2/c18-15-10-14(6-7-16(15)22-9-1-8-19-22)21-17(24)20-13-4-2-12(11-23)3-5-13/h1,6-10,12-13,23H,2-5,11H2,(H2,20,21,24). The maximum Gasteiger partial charge on any atom is 0.319 e. The van der Waals surface area contributed by atoms with Crippen LogP contribution in [0.25, 0.3) is 5.69 Å². The number of urea groups is 1. The number of nitrogens with zero attached hydrogens (tertiary/aromatic N) is 2. The lowest BCUT2D eigenvalue weighted by Crippen LogP contribution is -2.40. The number of nitrogens with one attached hydrogen (secondary N) is 2. The number of benzene rings is 1. The number of hydrogen-bond donors (Lipinski definition) is 3. The van der Waals surface area contributed by atoms with E-state index in [1.54, 1.807) is 23.0 Å². The first-order valence-electron chi connectivity index (χ1n) is 8.13. The molecule has 0 bridgehead atoms. The van der Waals surface area contributed by atoms with E-state index in [4.69, 9.17) is 16.7 Å². The van der Waals surface area contributed by atoms with E-state index in [0.717, 1.165) is 31.4 Å². The van der Waals surface area contributed by atoms with Crippen molar-refractivity contribution in [3.63, 3.8) is 0 Å². The van der Waals surface area contributed by atoms with Crippen LogP contribution in [0, 0.1) is 5.92 Å². The lowest BCUT2D eigenvalue weighted by atomic mass is 9.87. The number of anilines is 1. The SMILES string of the molecule is O=C(Nc1ccc(-n2cccn2)c(Cl)c1)NC1CCC(CO)CC1. The Hall–Kier alpha value is -2.05. The van der Waals surface area contributed by atoms with E-state index >= 15 is 0 Å². The lowest BCUT2D eigenvalue weighted by Gasteiger charge is -2.28. The zero-order chi connectivity index (χ0) is 16.9. The van der Waals surface area contributed by atoms with Gasteiger partial charge in [-0.25, -0.2) is 9.48 Å². The fraction of sp³-hybridized carbons (Fsp3) is 0.412. The predicted molar refractivity (Wildman–Crippen MR) is 93.6 cm³/mol. The van der Waals surface area contributed by atoms with E-state index in [2.05, 4.69) is 15.7 Å². The highest BCUT2D eigenvalue weighted by Crippen LogP contribution is 2.25. The Labute approximate surface area is 145 Å². The van der Waals surface area contributed by atoms with Crippen molar-refractivity contribution in [1.29, 1.82) is 0 Å². The Kier molecular flexibility index (Phi) is 5.37. The average Bonchev–Trinajstić information content (AvgIpc) is 3.10. The highest BCUT2D eigenvalue weighted by Gasteiger charge is 2.21. The van der Waals surface area contributed by atoms with Crippen LogP contribution in [-0.2, 0) is 0 Å². The summed E-state index contributed by atoms with van der Waals surface area (Å²) in [6, 6.07) is 7.07. The molecule has 1 fully saturated rings. The minimum Gasteiger partial charge on any atom is -0.396 e. The molecule has 1 heterocycles.